The van der Waals surface area contributed by atoms with E-state index in [-0.39, 0.29) is 0 Å². The summed E-state index contributed by atoms with van der Waals surface area (Å²) in [5.74, 6) is 1.67. The molecular weight excluding hydrogens is 342 g/mol. The van der Waals surface area contributed by atoms with Crippen LogP contribution in [-0.4, -0.2) is 23.0 Å². The number of anilines is 2. The highest BCUT2D eigenvalue weighted by atomic mass is 79.9. The second-order valence-corrected chi connectivity index (χ2v) is 5.40. The minimum Gasteiger partial charge on any atom is -0.480 e. The Morgan fingerprint density at radius 3 is 3.00 bits per heavy atom. The number of alkyl halides is 1. The molecule has 0 spiro atoms. The van der Waals surface area contributed by atoms with E-state index >= 15 is 0 Å². The number of nitrogens with one attached hydrogen (secondary N) is 1. The van der Waals surface area contributed by atoms with Crippen LogP contribution >= 0.6 is 27.5 Å². The SMILES string of the molecule is COc1nc(Nc2cccc(CCCCl)c2)ncc1Br. The molecule has 1 N–H and O–H groups in total. The van der Waals surface area contributed by atoms with Gasteiger partial charge >= 0.3 is 0 Å². The maximum absolute atomic E-state index is 5.72. The van der Waals surface area contributed by atoms with Gasteiger partial charge in [0.15, 0.2) is 0 Å². The number of rotatable bonds is 6. The number of benzene rings is 1. The van der Waals surface area contributed by atoms with Crippen molar-refractivity contribution in [1.82, 2.24) is 9.97 Å². The highest BCUT2D eigenvalue weighted by Gasteiger charge is 2.05. The first kappa shape index (κ1) is 15.1. The molecule has 0 saturated heterocycles. The van der Waals surface area contributed by atoms with E-state index in [9.17, 15) is 0 Å². The molecule has 20 heavy (non-hydrogen) atoms. The van der Waals surface area contributed by atoms with Crippen molar-refractivity contribution in [2.75, 3.05) is 18.3 Å². The first-order chi connectivity index (χ1) is 9.72. The van der Waals surface area contributed by atoms with Crippen molar-refractivity contribution in [2.45, 2.75) is 12.8 Å². The standard InChI is InChI=1S/C14H15BrClN3O/c1-20-13-12(15)9-17-14(19-13)18-11-6-2-4-10(8-11)5-3-7-16/h2,4,6,8-9H,3,5,7H2,1H3,(H,17,18,19). The third-order valence-corrected chi connectivity index (χ3v) is 3.50. The summed E-state index contributed by atoms with van der Waals surface area (Å²) in [6.45, 7) is 0. The van der Waals surface area contributed by atoms with Crippen molar-refractivity contribution in [3.8, 4) is 5.88 Å². The van der Waals surface area contributed by atoms with Crippen molar-refractivity contribution >= 4 is 39.2 Å². The molecule has 0 radical (unpaired) electrons. The van der Waals surface area contributed by atoms with Gasteiger partial charge in [-0.3, -0.25) is 0 Å². The van der Waals surface area contributed by atoms with Crippen LogP contribution in [0.15, 0.2) is 34.9 Å². The van der Waals surface area contributed by atoms with Crippen LogP contribution in [0.3, 0.4) is 0 Å². The number of halogens is 2. The summed E-state index contributed by atoms with van der Waals surface area (Å²) in [5, 5.41) is 3.17. The molecule has 0 unspecified atom stereocenters. The fourth-order valence-electron chi connectivity index (χ4n) is 1.76. The highest BCUT2D eigenvalue weighted by molar-refractivity contribution is 9.10. The smallest absolute Gasteiger partial charge is 0.232 e. The molecule has 1 heterocycles. The maximum Gasteiger partial charge on any atom is 0.232 e. The molecule has 0 saturated carbocycles. The minimum absolute atomic E-state index is 0.500. The van der Waals surface area contributed by atoms with E-state index in [2.05, 4.69) is 43.3 Å². The van der Waals surface area contributed by atoms with Crippen molar-refractivity contribution < 1.29 is 4.74 Å². The van der Waals surface area contributed by atoms with E-state index in [1.54, 1.807) is 13.3 Å². The Hall–Kier alpha value is -1.33. The van der Waals surface area contributed by atoms with Gasteiger partial charge in [0.1, 0.15) is 0 Å². The Morgan fingerprint density at radius 2 is 2.25 bits per heavy atom. The Labute approximate surface area is 131 Å². The minimum atomic E-state index is 0.500. The van der Waals surface area contributed by atoms with E-state index in [1.807, 2.05) is 12.1 Å². The summed E-state index contributed by atoms with van der Waals surface area (Å²) >= 11 is 9.04. The van der Waals surface area contributed by atoms with Gasteiger partial charge < -0.3 is 10.1 Å². The molecule has 106 valence electrons. The lowest BCUT2D eigenvalue weighted by Crippen LogP contribution is -2.00. The molecule has 1 aromatic heterocycles. The van der Waals surface area contributed by atoms with Crippen LogP contribution in [-0.2, 0) is 6.42 Å². The molecule has 2 rings (SSSR count). The molecule has 0 atom stereocenters. The first-order valence-corrected chi connectivity index (χ1v) is 7.54. The summed E-state index contributed by atoms with van der Waals surface area (Å²) in [6, 6.07) is 8.13. The van der Waals surface area contributed by atoms with E-state index in [1.165, 1.54) is 5.56 Å². The van der Waals surface area contributed by atoms with Gasteiger partial charge in [-0.05, 0) is 46.5 Å². The number of hydrogen-bond acceptors (Lipinski definition) is 4. The highest BCUT2D eigenvalue weighted by Crippen LogP contribution is 2.23. The first-order valence-electron chi connectivity index (χ1n) is 6.21. The zero-order valence-corrected chi connectivity index (χ0v) is 13.4. The number of aromatic nitrogens is 2. The second kappa shape index (κ2) is 7.45. The monoisotopic (exact) mass is 355 g/mol. The Balaban J connectivity index is 2.13. The number of ether oxygens (including phenoxy) is 1. The zero-order valence-electron chi connectivity index (χ0n) is 11.1. The summed E-state index contributed by atoms with van der Waals surface area (Å²) in [7, 11) is 1.57. The quantitative estimate of drug-likeness (QED) is 0.789. The lowest BCUT2D eigenvalue weighted by molar-refractivity contribution is 0.394. The Kier molecular flexibility index (Phi) is 5.61. The molecule has 0 aliphatic heterocycles. The molecule has 0 fully saturated rings. The van der Waals surface area contributed by atoms with Gasteiger partial charge in [0.05, 0.1) is 17.8 Å². The summed E-state index contributed by atoms with van der Waals surface area (Å²) in [5.41, 5.74) is 2.18. The van der Waals surface area contributed by atoms with E-state index < -0.39 is 0 Å². The summed E-state index contributed by atoms with van der Waals surface area (Å²) in [4.78, 5) is 8.47. The van der Waals surface area contributed by atoms with Gasteiger partial charge in [0.2, 0.25) is 11.8 Å². The van der Waals surface area contributed by atoms with Gasteiger partial charge in [-0.2, -0.15) is 4.98 Å². The summed E-state index contributed by atoms with van der Waals surface area (Å²) in [6.07, 6.45) is 3.59. The third kappa shape index (κ3) is 4.08. The third-order valence-electron chi connectivity index (χ3n) is 2.69. The average Bonchev–Trinajstić information content (AvgIpc) is 2.47. The number of nitrogens with zero attached hydrogens (tertiary/aromatic N) is 2. The molecule has 6 heteroatoms. The topological polar surface area (TPSA) is 47.0 Å². The number of hydrogen-bond donors (Lipinski definition) is 1. The Bertz CT molecular complexity index is 580. The van der Waals surface area contributed by atoms with Crippen LogP contribution in [0.5, 0.6) is 5.88 Å². The average molecular weight is 357 g/mol. The van der Waals surface area contributed by atoms with Crippen molar-refractivity contribution in [2.24, 2.45) is 0 Å². The van der Waals surface area contributed by atoms with Crippen LogP contribution in [0.1, 0.15) is 12.0 Å². The molecule has 0 aliphatic carbocycles. The van der Waals surface area contributed by atoms with Gasteiger partial charge in [-0.15, -0.1) is 11.6 Å². The van der Waals surface area contributed by atoms with Gasteiger partial charge in [0.25, 0.3) is 0 Å². The van der Waals surface area contributed by atoms with Crippen molar-refractivity contribution in [3.05, 3.63) is 40.5 Å². The zero-order chi connectivity index (χ0) is 14.4. The second-order valence-electron chi connectivity index (χ2n) is 4.17. The predicted molar refractivity (Wildman–Crippen MR) is 85.0 cm³/mol. The number of methoxy groups -OCH3 is 1. The van der Waals surface area contributed by atoms with Crippen LogP contribution in [0.2, 0.25) is 0 Å². The lowest BCUT2D eigenvalue weighted by Gasteiger charge is -2.08. The van der Waals surface area contributed by atoms with Crippen molar-refractivity contribution in [3.63, 3.8) is 0 Å². The molecule has 2 aromatic rings. The molecule has 0 amide bonds. The normalized spacial score (nSPS) is 10.3. The van der Waals surface area contributed by atoms with Crippen molar-refractivity contribution in [1.29, 1.82) is 0 Å². The summed E-state index contributed by atoms with van der Waals surface area (Å²) < 4.78 is 5.87. The maximum atomic E-state index is 5.72. The predicted octanol–water partition coefficient (Wildman–Crippen LogP) is 4.16. The van der Waals surface area contributed by atoms with E-state index in [4.69, 9.17) is 16.3 Å². The molecular formula is C14H15BrClN3O. The molecule has 0 aliphatic rings. The Morgan fingerprint density at radius 1 is 1.40 bits per heavy atom. The van der Waals surface area contributed by atoms with Gasteiger partial charge in [-0.1, -0.05) is 12.1 Å². The van der Waals surface area contributed by atoms with E-state index in [0.717, 1.165) is 23.0 Å². The fourth-order valence-corrected chi connectivity index (χ4v) is 2.25. The molecule has 0 bridgehead atoms. The van der Waals surface area contributed by atoms with Crippen LogP contribution in [0.4, 0.5) is 11.6 Å². The lowest BCUT2D eigenvalue weighted by atomic mass is 10.1. The number of aryl methyl sites for hydroxylation is 1. The molecule has 1 aromatic carbocycles. The van der Waals surface area contributed by atoms with Gasteiger partial charge in [0, 0.05) is 11.6 Å². The van der Waals surface area contributed by atoms with Crippen LogP contribution < -0.4 is 10.1 Å². The largest absolute Gasteiger partial charge is 0.480 e. The fraction of sp³-hybridized carbons (Fsp3) is 0.286. The van der Waals surface area contributed by atoms with Crippen LogP contribution in [0, 0.1) is 0 Å². The molecule has 4 nitrogen and oxygen atoms in total. The van der Waals surface area contributed by atoms with E-state index in [0.29, 0.717) is 17.7 Å². The van der Waals surface area contributed by atoms with Gasteiger partial charge in [-0.25, -0.2) is 4.98 Å². The van der Waals surface area contributed by atoms with Crippen LogP contribution in [0.25, 0.3) is 0 Å².